The van der Waals surface area contributed by atoms with Crippen molar-refractivity contribution in [3.05, 3.63) is 60.2 Å². The fourth-order valence-electron chi connectivity index (χ4n) is 1.29. The number of hydrogen-bond acceptors (Lipinski definition) is 6. The minimum atomic E-state index is -4.27. The van der Waals surface area contributed by atoms with E-state index >= 15 is 0 Å². The van der Waals surface area contributed by atoms with Crippen LogP contribution in [0.2, 0.25) is 0 Å². The first-order chi connectivity index (χ1) is 9.60. The molecule has 0 spiro atoms. The number of rotatable bonds is 2. The van der Waals surface area contributed by atoms with Crippen LogP contribution < -0.4 is 0 Å². The lowest BCUT2D eigenvalue weighted by Crippen LogP contribution is -1.97. The van der Waals surface area contributed by atoms with Crippen LogP contribution in [0.1, 0.15) is 13.0 Å². The fourth-order valence-corrected chi connectivity index (χ4v) is 2.25. The van der Waals surface area contributed by atoms with Crippen molar-refractivity contribution >= 4 is 20.2 Å². The maximum atomic E-state index is 10.4. The van der Waals surface area contributed by atoms with E-state index in [1.165, 1.54) is 36.4 Å². The molecular formula is C14H16O6S2-2. The molecule has 2 aromatic carbocycles. The van der Waals surface area contributed by atoms with Crippen molar-refractivity contribution in [2.75, 3.05) is 0 Å². The van der Waals surface area contributed by atoms with Gasteiger partial charge in [0.2, 0.25) is 0 Å². The lowest BCUT2D eigenvalue weighted by molar-refractivity contribution is 0.461. The topological polar surface area (TPSA) is 114 Å². The smallest absolute Gasteiger partial charge is 0.124 e. The molecule has 122 valence electrons. The fraction of sp³-hybridized carbons (Fsp3) is 0.143. The van der Waals surface area contributed by atoms with Crippen LogP contribution in [-0.4, -0.2) is 25.9 Å². The summed E-state index contributed by atoms with van der Waals surface area (Å²) in [5.74, 6) is 0. The summed E-state index contributed by atoms with van der Waals surface area (Å²) in [7, 11) is -8.52. The molecule has 2 aromatic rings. The second-order valence-corrected chi connectivity index (χ2v) is 6.79. The molecule has 0 N–H and O–H groups in total. The normalized spacial score (nSPS) is 10.9. The van der Waals surface area contributed by atoms with Crippen molar-refractivity contribution < 1.29 is 25.9 Å². The minimum absolute atomic E-state index is 0. The SMILES string of the molecule is C.Cc1ccc(S(=O)(=O)[O-])cc1.O=S(=O)([O-])c1ccccc1. The van der Waals surface area contributed by atoms with Gasteiger partial charge >= 0.3 is 0 Å². The highest BCUT2D eigenvalue weighted by Gasteiger charge is 1.98. The molecule has 2 rings (SSSR count). The maximum absolute atomic E-state index is 10.4. The lowest BCUT2D eigenvalue weighted by atomic mass is 10.2. The molecule has 6 nitrogen and oxygen atoms in total. The van der Waals surface area contributed by atoms with Gasteiger partial charge in [0.1, 0.15) is 20.2 Å². The van der Waals surface area contributed by atoms with Crippen LogP contribution in [0.4, 0.5) is 0 Å². The highest BCUT2D eigenvalue weighted by molar-refractivity contribution is 7.86. The summed E-state index contributed by atoms with van der Waals surface area (Å²) >= 11 is 0. The quantitative estimate of drug-likeness (QED) is 0.771. The maximum Gasteiger partial charge on any atom is 0.124 e. The first-order valence-corrected chi connectivity index (χ1v) is 8.46. The Morgan fingerprint density at radius 2 is 1.05 bits per heavy atom. The monoisotopic (exact) mass is 344 g/mol. The average molecular weight is 344 g/mol. The van der Waals surface area contributed by atoms with E-state index in [1.807, 2.05) is 6.92 Å². The van der Waals surface area contributed by atoms with E-state index in [4.69, 9.17) is 0 Å². The largest absolute Gasteiger partial charge is 0.744 e. The zero-order valence-electron chi connectivity index (χ0n) is 11.0. The Bertz CT molecular complexity index is 779. The van der Waals surface area contributed by atoms with Gasteiger partial charge in [0.25, 0.3) is 0 Å². The third kappa shape index (κ3) is 6.81. The van der Waals surface area contributed by atoms with Gasteiger partial charge in [-0.15, -0.1) is 0 Å². The summed E-state index contributed by atoms with van der Waals surface area (Å²) in [6, 6.07) is 13.0. The van der Waals surface area contributed by atoms with E-state index < -0.39 is 20.2 Å². The highest BCUT2D eigenvalue weighted by atomic mass is 32.2. The van der Waals surface area contributed by atoms with Crippen molar-refractivity contribution in [2.45, 2.75) is 24.1 Å². The molecule has 0 heterocycles. The molecule has 0 aromatic heterocycles. The van der Waals surface area contributed by atoms with E-state index in [0.29, 0.717) is 0 Å². The molecule has 0 aliphatic heterocycles. The second kappa shape index (κ2) is 8.04. The Labute approximate surface area is 130 Å². The van der Waals surface area contributed by atoms with Crippen molar-refractivity contribution in [1.29, 1.82) is 0 Å². The van der Waals surface area contributed by atoms with Crippen LogP contribution in [0, 0.1) is 6.92 Å². The molecule has 0 amide bonds. The Morgan fingerprint density at radius 1 is 0.682 bits per heavy atom. The summed E-state index contributed by atoms with van der Waals surface area (Å²) in [6.45, 7) is 1.82. The Kier molecular flexibility index (Phi) is 7.41. The lowest BCUT2D eigenvalue weighted by Gasteiger charge is -2.05. The zero-order chi connectivity index (χ0) is 16.1. The van der Waals surface area contributed by atoms with E-state index in [-0.39, 0.29) is 17.2 Å². The number of aryl methyl sites for hydroxylation is 1. The molecular weight excluding hydrogens is 328 g/mol. The van der Waals surface area contributed by atoms with Crippen LogP contribution in [0.25, 0.3) is 0 Å². The first-order valence-electron chi connectivity index (χ1n) is 5.64. The van der Waals surface area contributed by atoms with Crippen molar-refractivity contribution in [2.24, 2.45) is 0 Å². The van der Waals surface area contributed by atoms with E-state index in [0.717, 1.165) is 5.56 Å². The summed E-state index contributed by atoms with van der Waals surface area (Å²) in [6.07, 6.45) is 0. The highest BCUT2D eigenvalue weighted by Crippen LogP contribution is 2.08. The van der Waals surface area contributed by atoms with Gasteiger partial charge < -0.3 is 9.11 Å². The van der Waals surface area contributed by atoms with Gasteiger partial charge in [-0.2, -0.15) is 0 Å². The molecule has 0 aliphatic rings. The van der Waals surface area contributed by atoms with E-state index in [2.05, 4.69) is 0 Å². The van der Waals surface area contributed by atoms with Gasteiger partial charge in [0.15, 0.2) is 0 Å². The van der Waals surface area contributed by atoms with Crippen molar-refractivity contribution in [3.8, 4) is 0 Å². The zero-order valence-corrected chi connectivity index (χ0v) is 12.6. The standard InChI is InChI=1S/C7H8O3S.C6H6O3S.CH4/c1-6-2-4-7(5-3-6)11(8,9)10;7-10(8,9)6-4-2-1-3-5-6;/h2-5H,1H3,(H,8,9,10);1-5H,(H,7,8,9);1H4/p-2. The summed E-state index contributed by atoms with van der Waals surface area (Å²) in [5, 5.41) is 0. The van der Waals surface area contributed by atoms with Gasteiger partial charge in [0.05, 0.1) is 9.79 Å². The van der Waals surface area contributed by atoms with Crippen LogP contribution in [0.5, 0.6) is 0 Å². The summed E-state index contributed by atoms with van der Waals surface area (Å²) in [5.41, 5.74) is 0.928. The third-order valence-corrected chi connectivity index (χ3v) is 4.04. The third-order valence-electron chi connectivity index (χ3n) is 2.34. The molecule has 0 aliphatic carbocycles. The number of benzene rings is 2. The predicted molar refractivity (Wildman–Crippen MR) is 80.3 cm³/mol. The van der Waals surface area contributed by atoms with Gasteiger partial charge in [0, 0.05) is 0 Å². The Balaban J connectivity index is 0.000000385. The molecule has 8 heteroatoms. The van der Waals surface area contributed by atoms with Crippen LogP contribution >= 0.6 is 0 Å². The average Bonchev–Trinajstić information content (AvgIpc) is 2.39. The Morgan fingerprint density at radius 3 is 1.36 bits per heavy atom. The van der Waals surface area contributed by atoms with Crippen LogP contribution in [0.15, 0.2) is 64.4 Å². The van der Waals surface area contributed by atoms with Crippen molar-refractivity contribution in [1.82, 2.24) is 0 Å². The molecule has 0 saturated carbocycles. The molecule has 0 bridgehead atoms. The second-order valence-electron chi connectivity index (χ2n) is 4.03. The number of hydrogen-bond donors (Lipinski definition) is 0. The minimum Gasteiger partial charge on any atom is -0.744 e. The van der Waals surface area contributed by atoms with Crippen LogP contribution in [0.3, 0.4) is 0 Å². The van der Waals surface area contributed by atoms with Gasteiger partial charge in [-0.3, -0.25) is 0 Å². The first kappa shape index (κ1) is 20.3. The Hall–Kier alpha value is -1.74. The van der Waals surface area contributed by atoms with Gasteiger partial charge in [-0.25, -0.2) is 16.8 Å². The molecule has 22 heavy (non-hydrogen) atoms. The molecule has 0 saturated heterocycles. The molecule has 0 fully saturated rings. The van der Waals surface area contributed by atoms with Crippen LogP contribution in [-0.2, 0) is 20.2 Å². The molecule has 0 radical (unpaired) electrons. The molecule has 0 unspecified atom stereocenters. The van der Waals surface area contributed by atoms with Gasteiger partial charge in [-0.1, -0.05) is 43.3 Å². The van der Waals surface area contributed by atoms with Crippen molar-refractivity contribution in [3.63, 3.8) is 0 Å². The van der Waals surface area contributed by atoms with E-state index in [9.17, 15) is 25.9 Å². The summed E-state index contributed by atoms with van der Waals surface area (Å²) in [4.78, 5) is -0.363. The molecule has 0 atom stereocenters. The van der Waals surface area contributed by atoms with Gasteiger partial charge in [-0.05, 0) is 31.2 Å². The predicted octanol–water partition coefficient (Wildman–Crippen LogP) is 2.13. The van der Waals surface area contributed by atoms with E-state index in [1.54, 1.807) is 18.2 Å². The summed E-state index contributed by atoms with van der Waals surface area (Å²) < 4.78 is 62.0.